The molecule has 0 bridgehead atoms. The molecule has 0 saturated heterocycles. The number of nitrogens with one attached hydrogen (secondary N) is 2. The van der Waals surface area contributed by atoms with Gasteiger partial charge in [-0.05, 0) is 27.7 Å². The summed E-state index contributed by atoms with van der Waals surface area (Å²) >= 11 is 0. The summed E-state index contributed by atoms with van der Waals surface area (Å²) in [4.78, 5) is 15.4. The van der Waals surface area contributed by atoms with Gasteiger partial charge in [0.2, 0.25) is 11.8 Å². The van der Waals surface area contributed by atoms with Gasteiger partial charge in [-0.3, -0.25) is 10.1 Å². The van der Waals surface area contributed by atoms with Gasteiger partial charge in [-0.1, -0.05) is 5.16 Å². The maximum absolute atomic E-state index is 11.4. The van der Waals surface area contributed by atoms with Gasteiger partial charge in [-0.2, -0.15) is 4.98 Å². The third-order valence-electron chi connectivity index (χ3n) is 1.65. The highest BCUT2D eigenvalue weighted by Gasteiger charge is 2.13. The quantitative estimate of drug-likeness (QED) is 0.776. The summed E-state index contributed by atoms with van der Waals surface area (Å²) in [5, 5.41) is 9.42. The van der Waals surface area contributed by atoms with Crippen LogP contribution >= 0.6 is 0 Å². The highest BCUT2D eigenvalue weighted by molar-refractivity contribution is 5.78. The summed E-state index contributed by atoms with van der Waals surface area (Å²) in [7, 11) is 0. The SMILES string of the molecule is Cc1noc(CNCC(=O)NC(C)(C)C)n1. The van der Waals surface area contributed by atoms with Gasteiger partial charge in [-0.25, -0.2) is 0 Å². The van der Waals surface area contributed by atoms with Crippen molar-refractivity contribution in [1.29, 1.82) is 0 Å². The first-order chi connectivity index (χ1) is 7.37. The van der Waals surface area contributed by atoms with Crippen molar-refractivity contribution in [3.8, 4) is 0 Å². The summed E-state index contributed by atoms with van der Waals surface area (Å²) in [6, 6.07) is 0. The Labute approximate surface area is 94.8 Å². The van der Waals surface area contributed by atoms with Gasteiger partial charge in [-0.15, -0.1) is 0 Å². The molecule has 6 heteroatoms. The first-order valence-corrected chi connectivity index (χ1v) is 5.18. The molecule has 0 radical (unpaired) electrons. The minimum Gasteiger partial charge on any atom is -0.350 e. The lowest BCUT2D eigenvalue weighted by atomic mass is 10.1. The van der Waals surface area contributed by atoms with Crippen LogP contribution in [0.4, 0.5) is 0 Å². The fourth-order valence-electron chi connectivity index (χ4n) is 1.16. The van der Waals surface area contributed by atoms with E-state index in [1.54, 1.807) is 6.92 Å². The van der Waals surface area contributed by atoms with E-state index in [1.807, 2.05) is 20.8 Å². The Balaban J connectivity index is 2.23. The number of aryl methyl sites for hydroxylation is 1. The van der Waals surface area contributed by atoms with Crippen molar-refractivity contribution >= 4 is 5.91 Å². The second-order valence-electron chi connectivity index (χ2n) is 4.64. The molecule has 1 aromatic heterocycles. The average molecular weight is 226 g/mol. The van der Waals surface area contributed by atoms with Crippen LogP contribution < -0.4 is 10.6 Å². The minimum absolute atomic E-state index is 0.0521. The predicted octanol–water partition coefficient (Wildman–Crippen LogP) is 0.382. The molecule has 0 unspecified atom stereocenters. The molecule has 16 heavy (non-hydrogen) atoms. The van der Waals surface area contributed by atoms with Crippen molar-refractivity contribution in [3.63, 3.8) is 0 Å². The average Bonchev–Trinajstić information content (AvgIpc) is 2.48. The first-order valence-electron chi connectivity index (χ1n) is 5.18. The molecule has 1 rings (SSSR count). The fraction of sp³-hybridized carbons (Fsp3) is 0.700. The Morgan fingerprint density at radius 3 is 2.62 bits per heavy atom. The Bertz CT molecular complexity index is 354. The molecule has 1 amide bonds. The molecule has 90 valence electrons. The first kappa shape index (κ1) is 12.6. The van der Waals surface area contributed by atoms with E-state index in [0.29, 0.717) is 18.3 Å². The smallest absolute Gasteiger partial charge is 0.240 e. The van der Waals surface area contributed by atoms with Crippen LogP contribution in [-0.4, -0.2) is 28.1 Å². The van der Waals surface area contributed by atoms with E-state index in [-0.39, 0.29) is 18.0 Å². The lowest BCUT2D eigenvalue weighted by molar-refractivity contribution is -0.121. The lowest BCUT2D eigenvalue weighted by Crippen LogP contribution is -2.44. The van der Waals surface area contributed by atoms with E-state index in [9.17, 15) is 4.79 Å². The highest BCUT2D eigenvalue weighted by Crippen LogP contribution is 1.97. The van der Waals surface area contributed by atoms with Crippen LogP contribution in [0.1, 0.15) is 32.5 Å². The molecule has 0 aliphatic rings. The third kappa shape index (κ3) is 4.88. The Hall–Kier alpha value is -1.43. The van der Waals surface area contributed by atoms with Crippen LogP contribution in [0, 0.1) is 6.92 Å². The van der Waals surface area contributed by atoms with Crippen molar-refractivity contribution in [2.45, 2.75) is 39.8 Å². The topological polar surface area (TPSA) is 80.0 Å². The number of rotatable bonds is 4. The summed E-state index contributed by atoms with van der Waals surface area (Å²) in [5.41, 5.74) is -0.208. The van der Waals surface area contributed by atoms with Crippen molar-refractivity contribution in [2.75, 3.05) is 6.54 Å². The fourth-order valence-corrected chi connectivity index (χ4v) is 1.16. The zero-order valence-electron chi connectivity index (χ0n) is 10.1. The largest absolute Gasteiger partial charge is 0.350 e. The number of amides is 1. The molecule has 0 aliphatic heterocycles. The van der Waals surface area contributed by atoms with Crippen molar-refractivity contribution in [2.24, 2.45) is 0 Å². The number of hydrogen-bond acceptors (Lipinski definition) is 5. The van der Waals surface area contributed by atoms with E-state index in [2.05, 4.69) is 20.8 Å². The molecule has 0 fully saturated rings. The summed E-state index contributed by atoms with van der Waals surface area (Å²) in [6.07, 6.45) is 0. The van der Waals surface area contributed by atoms with E-state index < -0.39 is 0 Å². The van der Waals surface area contributed by atoms with Crippen LogP contribution in [0.3, 0.4) is 0 Å². The Kier molecular flexibility index (Phi) is 4.00. The number of nitrogens with zero attached hydrogens (tertiary/aromatic N) is 2. The van der Waals surface area contributed by atoms with E-state index >= 15 is 0 Å². The molecule has 1 heterocycles. The van der Waals surface area contributed by atoms with Crippen LogP contribution in [0.25, 0.3) is 0 Å². The minimum atomic E-state index is -0.208. The van der Waals surface area contributed by atoms with Gasteiger partial charge in [0.25, 0.3) is 0 Å². The van der Waals surface area contributed by atoms with E-state index in [4.69, 9.17) is 4.52 Å². The highest BCUT2D eigenvalue weighted by atomic mass is 16.5. The summed E-state index contributed by atoms with van der Waals surface area (Å²) in [6.45, 7) is 8.20. The van der Waals surface area contributed by atoms with Gasteiger partial charge in [0.1, 0.15) is 0 Å². The van der Waals surface area contributed by atoms with E-state index in [1.165, 1.54) is 0 Å². The normalized spacial score (nSPS) is 11.5. The molecule has 0 aromatic carbocycles. The van der Waals surface area contributed by atoms with Gasteiger partial charge in [0.05, 0.1) is 13.1 Å². The third-order valence-corrected chi connectivity index (χ3v) is 1.65. The molecule has 0 aliphatic carbocycles. The number of carbonyl (C=O) groups is 1. The maximum Gasteiger partial charge on any atom is 0.240 e. The molecule has 1 aromatic rings. The standard InChI is InChI=1S/C10H18N4O2/c1-7-12-9(16-14-7)6-11-5-8(15)13-10(2,3)4/h11H,5-6H2,1-4H3,(H,13,15). The number of hydrogen-bond donors (Lipinski definition) is 2. The van der Waals surface area contributed by atoms with Gasteiger partial charge < -0.3 is 9.84 Å². The Morgan fingerprint density at radius 1 is 1.44 bits per heavy atom. The van der Waals surface area contributed by atoms with Crippen molar-refractivity contribution in [3.05, 3.63) is 11.7 Å². The molecule has 2 N–H and O–H groups in total. The van der Waals surface area contributed by atoms with Gasteiger partial charge >= 0.3 is 0 Å². The molecule has 0 saturated carbocycles. The summed E-state index contributed by atoms with van der Waals surface area (Å²) in [5.74, 6) is 1.03. The van der Waals surface area contributed by atoms with Crippen LogP contribution in [0.5, 0.6) is 0 Å². The van der Waals surface area contributed by atoms with Crippen LogP contribution in [0.15, 0.2) is 4.52 Å². The van der Waals surface area contributed by atoms with E-state index in [0.717, 1.165) is 0 Å². The molecular formula is C10H18N4O2. The second-order valence-corrected chi connectivity index (χ2v) is 4.64. The molecular weight excluding hydrogens is 208 g/mol. The summed E-state index contributed by atoms with van der Waals surface area (Å²) < 4.78 is 4.89. The Morgan fingerprint density at radius 2 is 2.12 bits per heavy atom. The number of aromatic nitrogens is 2. The second kappa shape index (κ2) is 5.07. The maximum atomic E-state index is 11.4. The van der Waals surface area contributed by atoms with Gasteiger partial charge in [0.15, 0.2) is 5.82 Å². The van der Waals surface area contributed by atoms with Crippen molar-refractivity contribution in [1.82, 2.24) is 20.8 Å². The lowest BCUT2D eigenvalue weighted by Gasteiger charge is -2.20. The predicted molar refractivity (Wildman–Crippen MR) is 58.6 cm³/mol. The van der Waals surface area contributed by atoms with Crippen LogP contribution in [0.2, 0.25) is 0 Å². The van der Waals surface area contributed by atoms with Crippen LogP contribution in [-0.2, 0) is 11.3 Å². The van der Waals surface area contributed by atoms with Gasteiger partial charge in [0, 0.05) is 5.54 Å². The zero-order chi connectivity index (χ0) is 12.2. The molecule has 6 nitrogen and oxygen atoms in total. The van der Waals surface area contributed by atoms with Crippen molar-refractivity contribution < 1.29 is 9.32 Å². The molecule has 0 spiro atoms. The molecule has 0 atom stereocenters. The zero-order valence-corrected chi connectivity index (χ0v) is 10.1. The monoisotopic (exact) mass is 226 g/mol. The number of carbonyl (C=O) groups excluding carboxylic acids is 1.